The molecular formula is C23H15N2Na3O7S2. The van der Waals surface area contributed by atoms with E-state index in [1.54, 1.807) is 24.3 Å². The zero-order chi connectivity index (χ0) is 24.7. The monoisotopic (exact) mass is 564 g/mol. The van der Waals surface area contributed by atoms with Gasteiger partial charge >= 0.3 is 88.7 Å². The summed E-state index contributed by atoms with van der Waals surface area (Å²) >= 11 is 0. The first-order valence-electron chi connectivity index (χ1n) is 9.62. The number of rotatable bonds is 5. The molecule has 0 saturated heterocycles. The maximum absolute atomic E-state index is 12.9. The molecule has 174 valence electrons. The van der Waals surface area contributed by atoms with Crippen LogP contribution in [0.25, 0.3) is 21.9 Å². The van der Waals surface area contributed by atoms with Crippen LogP contribution in [0.15, 0.2) is 82.6 Å². The zero-order valence-corrected chi connectivity index (χ0v) is 27.8. The molecular weight excluding hydrogens is 549 g/mol. The predicted octanol–water partition coefficient (Wildman–Crippen LogP) is -6.04. The van der Waals surface area contributed by atoms with Crippen LogP contribution in [0.3, 0.4) is 0 Å². The Kier molecular flexibility index (Phi) is 12.5. The molecule has 0 aliphatic heterocycles. The molecule has 4 aromatic rings. The summed E-state index contributed by atoms with van der Waals surface area (Å²) in [6, 6.07) is 19.8. The molecule has 0 aromatic heterocycles. The average Bonchev–Trinajstić information content (AvgIpc) is 2.78. The maximum Gasteiger partial charge on any atom is 1.00 e. The third kappa shape index (κ3) is 7.67. The number of hydrogen-bond acceptors (Lipinski definition) is 8. The van der Waals surface area contributed by atoms with Gasteiger partial charge in [-0.3, -0.25) is 13.2 Å². The summed E-state index contributed by atoms with van der Waals surface area (Å²) in [4.78, 5) is 11.3. The fourth-order valence-corrected chi connectivity index (χ4v) is 4.90. The van der Waals surface area contributed by atoms with E-state index in [2.05, 4.69) is 11.4 Å². The number of nitrogen functional groups attached to an aromatic ring is 1. The molecule has 37 heavy (non-hydrogen) atoms. The minimum atomic E-state index is -5.10. The first kappa shape index (κ1) is 34.3. The van der Waals surface area contributed by atoms with Gasteiger partial charge in [0, 0.05) is 27.4 Å². The fraction of sp³-hybridized carbons (Fsp3) is 0. The molecule has 0 aliphatic carbocycles. The number of carbonyl (C=O) groups is 1. The van der Waals surface area contributed by atoms with Crippen LogP contribution >= 0.6 is 0 Å². The quantitative estimate of drug-likeness (QED) is 0.104. The molecule has 0 bridgehead atoms. The summed E-state index contributed by atoms with van der Waals surface area (Å²) in [7, 11) is -10.1. The van der Waals surface area contributed by atoms with Crippen molar-refractivity contribution < 1.29 is 119 Å². The van der Waals surface area contributed by atoms with E-state index in [1.165, 1.54) is 12.1 Å². The summed E-state index contributed by atoms with van der Waals surface area (Å²) < 4.78 is 70.3. The number of nitrogens with two attached hydrogens (primary N) is 1. The van der Waals surface area contributed by atoms with Crippen LogP contribution in [0.2, 0.25) is 0 Å². The summed E-state index contributed by atoms with van der Waals surface area (Å²) in [5, 5.41) is 1.74. The van der Waals surface area contributed by atoms with E-state index < -0.39 is 41.3 Å². The van der Waals surface area contributed by atoms with Gasteiger partial charge in [-0.2, -0.15) is 18.2 Å². The summed E-state index contributed by atoms with van der Waals surface area (Å²) in [6.07, 6.45) is 0. The molecule has 4 rings (SSSR count). The van der Waals surface area contributed by atoms with Gasteiger partial charge in [0.25, 0.3) is 5.91 Å². The summed E-state index contributed by atoms with van der Waals surface area (Å²) in [5.74, 6) is -0.659. The minimum Gasteiger partial charge on any atom is -0.754 e. The second kappa shape index (κ2) is 13.5. The maximum atomic E-state index is 12.9. The van der Waals surface area contributed by atoms with Gasteiger partial charge in [0.05, 0.1) is 10.1 Å². The minimum absolute atomic E-state index is 0. The Labute approximate surface area is 280 Å². The van der Waals surface area contributed by atoms with E-state index in [0.29, 0.717) is 5.69 Å². The van der Waals surface area contributed by atoms with Crippen molar-refractivity contribution in [1.82, 2.24) is 0 Å². The first-order valence-corrected chi connectivity index (χ1v) is 12.4. The Balaban J connectivity index is 0.00000228. The normalized spacial score (nSPS) is 11.0. The number of fused-ring (bicyclic) bond motifs is 1. The van der Waals surface area contributed by atoms with Crippen LogP contribution in [0, 0.1) is 6.07 Å². The largest absolute Gasteiger partial charge is 1.00 e. The number of hydrogen-bond donors (Lipinski definition) is 2. The fourth-order valence-electron chi connectivity index (χ4n) is 3.56. The molecule has 1 amide bonds. The Bertz CT molecular complexity index is 1660. The summed E-state index contributed by atoms with van der Waals surface area (Å²) in [5.41, 5.74) is 8.11. The van der Waals surface area contributed by atoms with Crippen LogP contribution in [-0.4, -0.2) is 31.8 Å². The van der Waals surface area contributed by atoms with E-state index in [9.17, 15) is 30.7 Å². The number of nitrogens with one attached hydrogen (secondary N) is 1. The molecule has 0 fully saturated rings. The predicted molar refractivity (Wildman–Crippen MR) is 123 cm³/mol. The third-order valence-electron chi connectivity index (χ3n) is 5.10. The Morgan fingerprint density at radius 1 is 0.784 bits per heavy atom. The third-order valence-corrected chi connectivity index (χ3v) is 6.86. The number of carbonyl (C=O) groups excluding carboxylic acids is 1. The van der Waals surface area contributed by atoms with Crippen LogP contribution in [0.4, 0.5) is 11.4 Å². The van der Waals surface area contributed by atoms with Gasteiger partial charge in [-0.25, -0.2) is 8.42 Å². The molecule has 0 saturated carbocycles. The SMILES string of the molecule is Nc1ccccc1-c1ccc(C(=O)Nc2ccc(S(=O)(=O)[O-])c3c[c-]cc(S(=O)(=O)[O-])c23)cc1.[Na+].[Na+].[Na+]. The van der Waals surface area contributed by atoms with E-state index in [0.717, 1.165) is 35.4 Å². The van der Waals surface area contributed by atoms with Gasteiger partial charge in [0.15, 0.2) is 0 Å². The van der Waals surface area contributed by atoms with Crippen LogP contribution in [-0.2, 0) is 20.2 Å². The van der Waals surface area contributed by atoms with E-state index >= 15 is 0 Å². The van der Waals surface area contributed by atoms with Crippen molar-refractivity contribution >= 4 is 48.3 Å². The molecule has 4 aromatic carbocycles. The van der Waals surface area contributed by atoms with Crippen molar-refractivity contribution in [2.45, 2.75) is 9.79 Å². The second-order valence-corrected chi connectivity index (χ2v) is 9.94. The van der Waals surface area contributed by atoms with Gasteiger partial charge < -0.3 is 20.2 Å². The van der Waals surface area contributed by atoms with Crippen molar-refractivity contribution in [3.8, 4) is 11.1 Å². The molecule has 0 radical (unpaired) electrons. The molecule has 0 spiro atoms. The Morgan fingerprint density at radius 2 is 1.38 bits per heavy atom. The number of benzene rings is 4. The zero-order valence-electron chi connectivity index (χ0n) is 20.2. The molecule has 9 nitrogen and oxygen atoms in total. The van der Waals surface area contributed by atoms with Crippen molar-refractivity contribution in [3.05, 3.63) is 84.4 Å². The number of para-hydroxylation sites is 1. The van der Waals surface area contributed by atoms with Crippen LogP contribution in [0.1, 0.15) is 10.4 Å². The molecule has 3 N–H and O–H groups in total. The van der Waals surface area contributed by atoms with Gasteiger partial charge in [0.2, 0.25) is 0 Å². The van der Waals surface area contributed by atoms with Crippen molar-refractivity contribution in [3.63, 3.8) is 0 Å². The topological polar surface area (TPSA) is 170 Å². The van der Waals surface area contributed by atoms with Crippen LogP contribution < -0.4 is 99.7 Å². The molecule has 0 heterocycles. The number of amides is 1. The smallest absolute Gasteiger partial charge is 0.754 e. The van der Waals surface area contributed by atoms with Crippen LogP contribution in [0.5, 0.6) is 0 Å². The molecule has 14 heteroatoms. The second-order valence-electron chi connectivity index (χ2n) is 7.25. The Morgan fingerprint density at radius 3 is 1.95 bits per heavy atom. The average molecular weight is 564 g/mol. The van der Waals surface area contributed by atoms with Gasteiger partial charge in [-0.05, 0) is 34.7 Å². The molecule has 0 atom stereocenters. The number of anilines is 2. The van der Waals surface area contributed by atoms with Crippen molar-refractivity contribution in [1.29, 1.82) is 0 Å². The van der Waals surface area contributed by atoms with Gasteiger partial charge in [-0.1, -0.05) is 41.8 Å². The molecule has 0 unspecified atom stereocenters. The van der Waals surface area contributed by atoms with Crippen molar-refractivity contribution in [2.24, 2.45) is 0 Å². The first-order chi connectivity index (χ1) is 16.0. The molecule has 0 aliphatic rings. The van der Waals surface area contributed by atoms with E-state index in [1.807, 2.05) is 12.1 Å². The standard InChI is InChI=1S/C23H17N2O7S2.3Na/c24-18-6-2-1-4-16(18)14-8-10-15(11-9-14)23(26)25-19-12-13-20(33(27,28)29)17-5-3-7-21(22(17)19)34(30,31)32;;;/h1-2,4-13H,24H2,(H,25,26)(H,27,28,29)(H,30,31,32);;;/q-1;3*+1/p-2. The van der Waals surface area contributed by atoms with E-state index in [4.69, 9.17) is 5.73 Å². The van der Waals surface area contributed by atoms with Gasteiger partial charge in [0.1, 0.15) is 10.1 Å². The Hall–Kier alpha value is -0.770. The van der Waals surface area contributed by atoms with Gasteiger partial charge in [-0.15, -0.1) is 5.39 Å². The summed E-state index contributed by atoms with van der Waals surface area (Å²) in [6.45, 7) is 0. The van der Waals surface area contributed by atoms with Crippen molar-refractivity contribution in [2.75, 3.05) is 11.1 Å². The van der Waals surface area contributed by atoms with E-state index in [-0.39, 0.29) is 105 Å².